The van der Waals surface area contributed by atoms with E-state index >= 15 is 0 Å². The van der Waals surface area contributed by atoms with E-state index < -0.39 is 23.2 Å². The van der Waals surface area contributed by atoms with Crippen molar-refractivity contribution in [2.24, 2.45) is 0 Å². The van der Waals surface area contributed by atoms with Gasteiger partial charge < -0.3 is 10.2 Å². The van der Waals surface area contributed by atoms with Gasteiger partial charge in [0.2, 0.25) is 11.0 Å². The Balaban J connectivity index is 1.67. The van der Waals surface area contributed by atoms with E-state index in [1.54, 1.807) is 4.90 Å². The van der Waals surface area contributed by atoms with Crippen molar-refractivity contribution < 1.29 is 13.6 Å². The molecule has 0 saturated heterocycles. The van der Waals surface area contributed by atoms with Gasteiger partial charge in [-0.3, -0.25) is 4.79 Å². The van der Waals surface area contributed by atoms with Crippen LogP contribution in [0.4, 0.5) is 19.6 Å². The molecule has 1 amide bonds. The summed E-state index contributed by atoms with van der Waals surface area (Å²) < 4.78 is 31.4. The third-order valence-corrected chi connectivity index (χ3v) is 4.38. The number of nitrogens with zero attached hydrogens (tertiary/aromatic N) is 3. The summed E-state index contributed by atoms with van der Waals surface area (Å²) in [5, 5.41) is 2.93. The second kappa shape index (κ2) is 6.57. The van der Waals surface area contributed by atoms with Crippen molar-refractivity contribution in [2.45, 2.75) is 25.7 Å². The maximum atomic E-state index is 13.6. The monoisotopic (exact) mass is 338 g/mol. The molecule has 1 saturated carbocycles. The lowest BCUT2D eigenvalue weighted by Gasteiger charge is -2.18. The zero-order valence-corrected chi connectivity index (χ0v) is 13.4. The zero-order chi connectivity index (χ0) is 16.4. The summed E-state index contributed by atoms with van der Waals surface area (Å²) in [6.45, 7) is 2.39. The van der Waals surface area contributed by atoms with Gasteiger partial charge in [-0.15, -0.1) is 0 Å². The lowest BCUT2D eigenvalue weighted by Crippen LogP contribution is -2.33. The quantitative estimate of drug-likeness (QED) is 0.879. The number of halogens is 2. The molecule has 8 heteroatoms. The van der Waals surface area contributed by atoms with Crippen molar-refractivity contribution in [3.8, 4) is 0 Å². The number of aromatic nitrogens is 2. The van der Waals surface area contributed by atoms with Crippen molar-refractivity contribution in [3.63, 3.8) is 0 Å². The molecule has 0 radical (unpaired) electrons. The van der Waals surface area contributed by atoms with Crippen LogP contribution in [-0.2, 0) is 4.79 Å². The first-order chi connectivity index (χ1) is 11.1. The minimum atomic E-state index is -0.798. The lowest BCUT2D eigenvalue weighted by atomic mass is 10.3. The van der Waals surface area contributed by atoms with Gasteiger partial charge in [0.1, 0.15) is 23.1 Å². The van der Waals surface area contributed by atoms with Crippen molar-refractivity contribution in [2.75, 3.05) is 23.3 Å². The molecule has 23 heavy (non-hydrogen) atoms. The average molecular weight is 338 g/mol. The Morgan fingerprint density at radius 3 is 2.70 bits per heavy atom. The molecular formula is C15H16F2N4OS. The maximum Gasteiger partial charge on any atom is 0.244 e. The summed E-state index contributed by atoms with van der Waals surface area (Å²) in [5.41, 5.74) is -0.426. The number of anilines is 2. The fraction of sp³-hybridized carbons (Fsp3) is 0.400. The van der Waals surface area contributed by atoms with Crippen molar-refractivity contribution in [1.82, 2.24) is 9.36 Å². The summed E-state index contributed by atoms with van der Waals surface area (Å²) in [6, 6.07) is 3.45. The number of hydrogen-bond acceptors (Lipinski definition) is 5. The highest BCUT2D eigenvalue weighted by Gasteiger charge is 2.28. The number of benzene rings is 1. The van der Waals surface area contributed by atoms with Crippen LogP contribution in [0.15, 0.2) is 18.2 Å². The Bertz CT molecular complexity index is 697. The summed E-state index contributed by atoms with van der Waals surface area (Å²) in [7, 11) is 0. The second-order valence-electron chi connectivity index (χ2n) is 5.37. The van der Waals surface area contributed by atoms with Crippen LogP contribution in [0.25, 0.3) is 0 Å². The minimum Gasteiger partial charge on any atom is -0.338 e. The summed E-state index contributed by atoms with van der Waals surface area (Å²) >= 11 is 1.24. The van der Waals surface area contributed by atoms with Crippen molar-refractivity contribution >= 4 is 28.3 Å². The van der Waals surface area contributed by atoms with E-state index in [0.717, 1.165) is 30.8 Å². The molecule has 0 bridgehead atoms. The smallest absolute Gasteiger partial charge is 0.244 e. The van der Waals surface area contributed by atoms with Gasteiger partial charge in [0.05, 0.1) is 6.54 Å². The van der Waals surface area contributed by atoms with Gasteiger partial charge in [-0.2, -0.15) is 4.37 Å². The molecule has 3 rings (SSSR count). The van der Waals surface area contributed by atoms with Crippen LogP contribution in [0.3, 0.4) is 0 Å². The topological polar surface area (TPSA) is 58.1 Å². The van der Waals surface area contributed by atoms with Crippen LogP contribution >= 0.6 is 11.5 Å². The van der Waals surface area contributed by atoms with E-state index in [4.69, 9.17) is 0 Å². The molecule has 5 nitrogen and oxygen atoms in total. The molecule has 1 aliphatic rings. The number of nitrogens with one attached hydrogen (secondary N) is 1. The molecule has 1 fully saturated rings. The molecule has 0 atom stereocenters. The van der Waals surface area contributed by atoms with Gasteiger partial charge >= 0.3 is 0 Å². The highest BCUT2D eigenvalue weighted by Crippen LogP contribution is 2.39. The summed E-state index contributed by atoms with van der Waals surface area (Å²) in [6.07, 6.45) is 2.21. The first-order valence-electron chi connectivity index (χ1n) is 7.41. The van der Waals surface area contributed by atoms with Crippen LogP contribution in [-0.4, -0.2) is 28.4 Å². The van der Waals surface area contributed by atoms with E-state index in [1.165, 1.54) is 17.6 Å². The number of amides is 1. The van der Waals surface area contributed by atoms with Crippen LogP contribution in [0.5, 0.6) is 0 Å². The van der Waals surface area contributed by atoms with Crippen molar-refractivity contribution in [1.29, 1.82) is 0 Å². The number of likely N-dealkylation sites (N-methyl/N-ethyl adjacent to an activating group) is 1. The van der Waals surface area contributed by atoms with Gasteiger partial charge in [-0.05, 0) is 31.9 Å². The van der Waals surface area contributed by atoms with Crippen LogP contribution in [0.1, 0.15) is 31.5 Å². The molecule has 0 aliphatic heterocycles. The fourth-order valence-electron chi connectivity index (χ4n) is 2.15. The highest BCUT2D eigenvalue weighted by atomic mass is 32.1. The largest absolute Gasteiger partial charge is 0.338 e. The molecule has 1 aromatic carbocycles. The first-order valence-corrected chi connectivity index (χ1v) is 8.18. The third-order valence-electron chi connectivity index (χ3n) is 3.59. The van der Waals surface area contributed by atoms with Crippen LogP contribution in [0, 0.1) is 11.6 Å². The van der Waals surface area contributed by atoms with E-state index in [2.05, 4.69) is 14.7 Å². The predicted molar refractivity (Wildman–Crippen MR) is 84.8 cm³/mol. The number of carbonyl (C=O) groups is 1. The fourth-order valence-corrected chi connectivity index (χ4v) is 2.95. The second-order valence-corrected chi connectivity index (χ2v) is 6.10. The van der Waals surface area contributed by atoms with Crippen molar-refractivity contribution in [3.05, 3.63) is 35.7 Å². The minimum absolute atomic E-state index is 0.0381. The Kier molecular flexibility index (Phi) is 4.51. The summed E-state index contributed by atoms with van der Waals surface area (Å²) in [4.78, 5) is 18.3. The molecule has 122 valence electrons. The van der Waals surface area contributed by atoms with E-state index in [-0.39, 0.29) is 6.54 Å². The third kappa shape index (κ3) is 3.64. The molecule has 0 spiro atoms. The van der Waals surface area contributed by atoms with Crippen LogP contribution < -0.4 is 10.2 Å². The molecule has 1 aromatic heterocycles. The van der Waals surface area contributed by atoms with E-state index in [1.807, 2.05) is 6.92 Å². The zero-order valence-electron chi connectivity index (χ0n) is 12.6. The van der Waals surface area contributed by atoms with E-state index in [9.17, 15) is 13.6 Å². The molecule has 1 aliphatic carbocycles. The number of hydrogen-bond donors (Lipinski definition) is 1. The Labute approximate surface area is 136 Å². The van der Waals surface area contributed by atoms with Gasteiger partial charge in [0.25, 0.3) is 0 Å². The average Bonchev–Trinajstić information content (AvgIpc) is 3.26. The predicted octanol–water partition coefficient (Wildman–Crippen LogP) is 3.16. The SMILES string of the molecule is CCN(CC(=O)Nc1c(F)cccc1F)c1nc(C2CC2)ns1. The number of carbonyl (C=O) groups excluding carboxylic acids is 1. The number of rotatable bonds is 6. The highest BCUT2D eigenvalue weighted by molar-refractivity contribution is 7.09. The molecule has 1 heterocycles. The maximum absolute atomic E-state index is 13.6. The molecule has 2 aromatic rings. The van der Waals surface area contributed by atoms with Gasteiger partial charge in [0, 0.05) is 24.0 Å². The Morgan fingerprint density at radius 1 is 1.39 bits per heavy atom. The van der Waals surface area contributed by atoms with Crippen LogP contribution in [0.2, 0.25) is 0 Å². The van der Waals surface area contributed by atoms with Gasteiger partial charge in [-0.25, -0.2) is 13.8 Å². The normalized spacial score (nSPS) is 13.9. The molecule has 0 unspecified atom stereocenters. The first kappa shape index (κ1) is 15.8. The molecular weight excluding hydrogens is 322 g/mol. The number of para-hydroxylation sites is 1. The van der Waals surface area contributed by atoms with E-state index in [0.29, 0.717) is 17.6 Å². The lowest BCUT2D eigenvalue weighted by molar-refractivity contribution is -0.115. The summed E-state index contributed by atoms with van der Waals surface area (Å²) in [5.74, 6) is -0.829. The van der Waals surface area contributed by atoms with Gasteiger partial charge in [0.15, 0.2) is 0 Å². The Morgan fingerprint density at radius 2 is 2.09 bits per heavy atom. The standard InChI is InChI=1S/C15H16F2N4OS/c1-2-21(15-19-14(20-23-15)9-6-7-9)8-12(22)18-13-10(16)4-3-5-11(13)17/h3-5,9H,2,6-8H2,1H3,(H,18,22). The van der Waals surface area contributed by atoms with Gasteiger partial charge in [-0.1, -0.05) is 6.07 Å². The molecule has 1 N–H and O–H groups in total. The Hall–Kier alpha value is -2.09.